The lowest BCUT2D eigenvalue weighted by Gasteiger charge is -2.20. The van der Waals surface area contributed by atoms with Gasteiger partial charge in [-0.15, -0.1) is 0 Å². The molecule has 0 aliphatic carbocycles. The summed E-state index contributed by atoms with van der Waals surface area (Å²) in [7, 11) is -3.56. The summed E-state index contributed by atoms with van der Waals surface area (Å²) in [6.45, 7) is 0.945. The van der Waals surface area contributed by atoms with Crippen LogP contribution in [0.3, 0.4) is 0 Å². The highest BCUT2D eigenvalue weighted by Gasteiger charge is 2.25. The van der Waals surface area contributed by atoms with Crippen LogP contribution in [0.25, 0.3) is 10.9 Å². The molecule has 0 atom stereocenters. The Hall–Kier alpha value is -3.48. The van der Waals surface area contributed by atoms with E-state index in [9.17, 15) is 23.3 Å². The van der Waals surface area contributed by atoms with Crippen molar-refractivity contribution >= 4 is 32.5 Å². The minimum absolute atomic E-state index is 0.0374. The van der Waals surface area contributed by atoms with Gasteiger partial charge in [0.05, 0.1) is 10.4 Å². The molecule has 0 saturated carbocycles. The molecule has 1 fully saturated rings. The van der Waals surface area contributed by atoms with Crippen molar-refractivity contribution in [1.82, 2.24) is 8.87 Å². The molecule has 1 saturated heterocycles. The molecule has 4 rings (SSSR count). The Morgan fingerprint density at radius 2 is 1.67 bits per heavy atom. The first-order valence-electron chi connectivity index (χ1n) is 10.8. The van der Waals surface area contributed by atoms with Gasteiger partial charge in [0.15, 0.2) is 0 Å². The lowest BCUT2D eigenvalue weighted by atomic mass is 10.1. The molecule has 1 aliphatic heterocycles. The Balaban J connectivity index is 1.51. The van der Waals surface area contributed by atoms with Gasteiger partial charge >= 0.3 is 0 Å². The summed E-state index contributed by atoms with van der Waals surface area (Å²) in [5.74, 6) is -0.365. The van der Waals surface area contributed by atoms with Crippen molar-refractivity contribution in [3.63, 3.8) is 0 Å². The lowest BCUT2D eigenvalue weighted by Crippen LogP contribution is -2.31. The highest BCUT2D eigenvalue weighted by atomic mass is 32.2. The van der Waals surface area contributed by atoms with Gasteiger partial charge in [-0.25, -0.2) is 8.42 Å². The fourth-order valence-corrected chi connectivity index (χ4v) is 5.57. The number of pyridine rings is 1. The molecule has 170 valence electrons. The van der Waals surface area contributed by atoms with Crippen molar-refractivity contribution < 1.29 is 13.2 Å². The number of aromatic nitrogens is 1. The van der Waals surface area contributed by atoms with Gasteiger partial charge in [-0.2, -0.15) is 9.57 Å². The third-order valence-corrected chi connectivity index (χ3v) is 7.68. The molecular formula is C24H24N4O4S. The molecule has 1 N–H and O–H groups in total. The number of nitrogens with zero attached hydrogens (tertiary/aromatic N) is 3. The molecule has 2 aromatic carbocycles. The average molecular weight is 465 g/mol. The number of para-hydroxylation sites is 1. The van der Waals surface area contributed by atoms with E-state index in [4.69, 9.17) is 0 Å². The van der Waals surface area contributed by atoms with Crippen LogP contribution in [-0.2, 0) is 21.4 Å². The minimum Gasteiger partial charge on any atom is -0.336 e. The predicted octanol–water partition coefficient (Wildman–Crippen LogP) is 3.08. The van der Waals surface area contributed by atoms with Crippen LogP contribution in [0.2, 0.25) is 0 Å². The van der Waals surface area contributed by atoms with E-state index >= 15 is 0 Å². The molecule has 1 aromatic heterocycles. The van der Waals surface area contributed by atoms with Gasteiger partial charge < -0.3 is 9.88 Å². The zero-order valence-corrected chi connectivity index (χ0v) is 18.8. The molecule has 0 radical (unpaired) electrons. The van der Waals surface area contributed by atoms with Crippen molar-refractivity contribution in [3.05, 3.63) is 70.5 Å². The molecule has 2 heterocycles. The Morgan fingerprint density at radius 3 is 2.33 bits per heavy atom. The summed E-state index contributed by atoms with van der Waals surface area (Å²) >= 11 is 0. The first-order valence-corrected chi connectivity index (χ1v) is 12.3. The minimum atomic E-state index is -3.56. The number of fused-ring (bicyclic) bond motifs is 1. The molecule has 1 aliphatic rings. The van der Waals surface area contributed by atoms with Crippen LogP contribution >= 0.6 is 0 Å². The van der Waals surface area contributed by atoms with Gasteiger partial charge in [0, 0.05) is 30.4 Å². The molecular weight excluding hydrogens is 440 g/mol. The molecule has 1 amide bonds. The Morgan fingerprint density at radius 1 is 1.00 bits per heavy atom. The maximum atomic E-state index is 12.9. The number of hydrogen-bond donors (Lipinski definition) is 1. The smallest absolute Gasteiger partial charge is 0.244 e. The number of anilines is 1. The average Bonchev–Trinajstić information content (AvgIpc) is 3.12. The number of nitrogens with one attached hydrogen (secondary N) is 1. The fourth-order valence-electron chi connectivity index (χ4n) is 4.05. The number of nitriles is 1. The first kappa shape index (κ1) is 22.7. The monoisotopic (exact) mass is 464 g/mol. The van der Waals surface area contributed by atoms with Gasteiger partial charge in [0.25, 0.3) is 0 Å². The van der Waals surface area contributed by atoms with Gasteiger partial charge in [-0.3, -0.25) is 9.59 Å². The highest BCUT2D eigenvalue weighted by molar-refractivity contribution is 7.89. The summed E-state index contributed by atoms with van der Waals surface area (Å²) in [6, 6.07) is 14.8. The van der Waals surface area contributed by atoms with E-state index < -0.39 is 10.0 Å². The van der Waals surface area contributed by atoms with Gasteiger partial charge in [0.1, 0.15) is 18.2 Å². The molecule has 9 heteroatoms. The third-order valence-electron chi connectivity index (χ3n) is 5.76. The standard InChI is InChI=1S/C24H24N4O4S/c25-15-18-16-27(22-8-4-3-7-21(22)24(18)30)17-23(29)26-19-9-11-20(12-10-19)33(31,32)28-13-5-1-2-6-14-28/h3-4,7-12,16H,1-2,5-6,13-14,17H2,(H,26,29). The van der Waals surface area contributed by atoms with Crippen LogP contribution in [0.15, 0.2) is 64.4 Å². The molecule has 0 bridgehead atoms. The molecule has 3 aromatic rings. The van der Waals surface area contributed by atoms with Crippen LogP contribution in [0.5, 0.6) is 0 Å². The molecule has 0 unspecified atom stereocenters. The van der Waals surface area contributed by atoms with Crippen molar-refractivity contribution in [2.24, 2.45) is 0 Å². The summed E-state index contributed by atoms with van der Waals surface area (Å²) in [6.07, 6.45) is 5.18. The summed E-state index contributed by atoms with van der Waals surface area (Å²) < 4.78 is 28.9. The summed E-state index contributed by atoms with van der Waals surface area (Å²) in [5, 5.41) is 12.4. The summed E-state index contributed by atoms with van der Waals surface area (Å²) in [5.41, 5.74) is 0.603. The number of rotatable bonds is 5. The quantitative estimate of drug-likeness (QED) is 0.624. The number of carbonyl (C=O) groups excluding carboxylic acids is 1. The zero-order valence-electron chi connectivity index (χ0n) is 18.0. The van der Waals surface area contributed by atoms with Crippen LogP contribution in [0, 0.1) is 11.3 Å². The highest BCUT2D eigenvalue weighted by Crippen LogP contribution is 2.22. The maximum Gasteiger partial charge on any atom is 0.244 e. The van der Waals surface area contributed by atoms with Crippen LogP contribution in [0.4, 0.5) is 5.69 Å². The number of carbonyl (C=O) groups is 1. The third kappa shape index (κ3) is 4.82. The Bertz CT molecular complexity index is 1380. The lowest BCUT2D eigenvalue weighted by molar-refractivity contribution is -0.116. The predicted molar refractivity (Wildman–Crippen MR) is 125 cm³/mol. The second-order valence-electron chi connectivity index (χ2n) is 8.02. The van der Waals surface area contributed by atoms with Crippen molar-refractivity contribution in [1.29, 1.82) is 5.26 Å². The van der Waals surface area contributed by atoms with E-state index in [1.807, 2.05) is 6.07 Å². The Labute approximate surface area is 192 Å². The van der Waals surface area contributed by atoms with Crippen molar-refractivity contribution in [2.45, 2.75) is 37.1 Å². The van der Waals surface area contributed by atoms with Crippen molar-refractivity contribution in [3.8, 4) is 6.07 Å². The van der Waals surface area contributed by atoms with Crippen molar-refractivity contribution in [2.75, 3.05) is 18.4 Å². The maximum absolute atomic E-state index is 12.9. The SMILES string of the molecule is N#Cc1cn(CC(=O)Nc2ccc(S(=O)(=O)N3CCCCCC3)cc2)c2ccccc2c1=O. The van der Waals surface area contributed by atoms with Crippen LogP contribution < -0.4 is 10.7 Å². The number of hydrogen-bond acceptors (Lipinski definition) is 5. The topological polar surface area (TPSA) is 112 Å². The summed E-state index contributed by atoms with van der Waals surface area (Å²) in [4.78, 5) is 25.2. The normalized spacial score (nSPS) is 15.0. The van der Waals surface area contributed by atoms with Gasteiger partial charge in [-0.05, 0) is 49.2 Å². The largest absolute Gasteiger partial charge is 0.336 e. The first-order chi connectivity index (χ1) is 15.9. The fraction of sp³-hybridized carbons (Fsp3) is 0.292. The van der Waals surface area contributed by atoms with E-state index in [1.165, 1.54) is 22.6 Å². The van der Waals surface area contributed by atoms with E-state index in [0.29, 0.717) is 29.7 Å². The Kier molecular flexibility index (Phi) is 6.58. The van der Waals surface area contributed by atoms with E-state index in [0.717, 1.165) is 25.7 Å². The van der Waals surface area contributed by atoms with Gasteiger partial charge in [0.2, 0.25) is 21.4 Å². The number of amides is 1. The van der Waals surface area contributed by atoms with Gasteiger partial charge in [-0.1, -0.05) is 25.0 Å². The number of sulfonamides is 1. The molecule has 33 heavy (non-hydrogen) atoms. The second kappa shape index (κ2) is 9.57. The molecule has 8 nitrogen and oxygen atoms in total. The molecule has 0 spiro atoms. The second-order valence-corrected chi connectivity index (χ2v) is 9.96. The van der Waals surface area contributed by atoms with E-state index in [-0.39, 0.29) is 28.3 Å². The van der Waals surface area contributed by atoms with Crippen LogP contribution in [-0.4, -0.2) is 36.3 Å². The van der Waals surface area contributed by atoms with E-state index in [2.05, 4.69) is 5.32 Å². The number of benzene rings is 2. The van der Waals surface area contributed by atoms with E-state index in [1.54, 1.807) is 41.0 Å². The van der Waals surface area contributed by atoms with Crippen LogP contribution in [0.1, 0.15) is 31.2 Å². The zero-order chi connectivity index (χ0) is 23.4.